The molecule has 3 heteroatoms. The third-order valence-corrected chi connectivity index (χ3v) is 2.34. The standard InChI is InChI=1S/C12H10N2O/c1-8-12(9(2)15-14-8)11-5-3-10(7-13)4-6-11/h3-6H,1-2H3. The van der Waals surface area contributed by atoms with Crippen LogP contribution in [0.5, 0.6) is 0 Å². The Balaban J connectivity index is 2.51. The van der Waals surface area contributed by atoms with Gasteiger partial charge in [0.05, 0.1) is 17.3 Å². The molecule has 1 aromatic carbocycles. The summed E-state index contributed by atoms with van der Waals surface area (Å²) in [6.07, 6.45) is 0. The molecule has 0 saturated carbocycles. The van der Waals surface area contributed by atoms with Crippen molar-refractivity contribution in [3.05, 3.63) is 41.3 Å². The van der Waals surface area contributed by atoms with E-state index in [1.54, 1.807) is 12.1 Å². The Bertz CT molecular complexity index is 498. The van der Waals surface area contributed by atoms with E-state index in [1.165, 1.54) is 0 Å². The molecule has 15 heavy (non-hydrogen) atoms. The van der Waals surface area contributed by atoms with Crippen molar-refractivity contribution in [2.45, 2.75) is 13.8 Å². The normalized spacial score (nSPS) is 9.93. The zero-order valence-electron chi connectivity index (χ0n) is 8.61. The highest BCUT2D eigenvalue weighted by Gasteiger charge is 2.10. The number of hydrogen-bond donors (Lipinski definition) is 0. The smallest absolute Gasteiger partial charge is 0.141 e. The topological polar surface area (TPSA) is 49.8 Å². The average molecular weight is 198 g/mol. The quantitative estimate of drug-likeness (QED) is 0.707. The maximum absolute atomic E-state index is 8.69. The molecular formula is C12H10N2O. The fourth-order valence-corrected chi connectivity index (χ4v) is 1.61. The van der Waals surface area contributed by atoms with Crippen LogP contribution in [0.3, 0.4) is 0 Å². The predicted octanol–water partition coefficient (Wildman–Crippen LogP) is 2.83. The van der Waals surface area contributed by atoms with Gasteiger partial charge in [-0.1, -0.05) is 17.3 Å². The first-order valence-corrected chi connectivity index (χ1v) is 4.66. The summed E-state index contributed by atoms with van der Waals surface area (Å²) in [4.78, 5) is 0. The molecule has 0 bridgehead atoms. The molecule has 3 nitrogen and oxygen atoms in total. The first kappa shape index (κ1) is 9.47. The van der Waals surface area contributed by atoms with Crippen molar-refractivity contribution in [3.63, 3.8) is 0 Å². The Labute approximate surface area is 87.9 Å². The van der Waals surface area contributed by atoms with E-state index in [2.05, 4.69) is 11.2 Å². The fourth-order valence-electron chi connectivity index (χ4n) is 1.61. The zero-order chi connectivity index (χ0) is 10.8. The average Bonchev–Trinajstić information content (AvgIpc) is 2.59. The Kier molecular flexibility index (Phi) is 2.26. The minimum Gasteiger partial charge on any atom is -0.361 e. The van der Waals surface area contributed by atoms with E-state index >= 15 is 0 Å². The summed E-state index contributed by atoms with van der Waals surface area (Å²) in [5.41, 5.74) is 3.58. The van der Waals surface area contributed by atoms with Crippen LogP contribution in [0.1, 0.15) is 17.0 Å². The van der Waals surface area contributed by atoms with Crippen molar-refractivity contribution in [2.75, 3.05) is 0 Å². The molecule has 0 atom stereocenters. The molecule has 0 aliphatic carbocycles. The monoisotopic (exact) mass is 198 g/mol. The van der Waals surface area contributed by atoms with Gasteiger partial charge in [0, 0.05) is 5.56 Å². The third kappa shape index (κ3) is 1.62. The summed E-state index contributed by atoms with van der Waals surface area (Å²) in [5, 5.41) is 12.6. The third-order valence-electron chi connectivity index (χ3n) is 2.34. The molecule has 0 radical (unpaired) electrons. The second-order valence-electron chi connectivity index (χ2n) is 3.39. The number of aromatic nitrogens is 1. The highest BCUT2D eigenvalue weighted by molar-refractivity contribution is 5.68. The van der Waals surface area contributed by atoms with Crippen molar-refractivity contribution in [2.24, 2.45) is 0 Å². The van der Waals surface area contributed by atoms with Gasteiger partial charge in [0.15, 0.2) is 0 Å². The van der Waals surface area contributed by atoms with Gasteiger partial charge in [0.2, 0.25) is 0 Å². The lowest BCUT2D eigenvalue weighted by molar-refractivity contribution is 0.393. The number of rotatable bonds is 1. The number of aryl methyl sites for hydroxylation is 2. The highest BCUT2D eigenvalue weighted by atomic mass is 16.5. The number of benzene rings is 1. The van der Waals surface area contributed by atoms with E-state index in [4.69, 9.17) is 9.78 Å². The molecule has 0 saturated heterocycles. The molecule has 0 spiro atoms. The summed E-state index contributed by atoms with van der Waals surface area (Å²) in [5.74, 6) is 0.803. The van der Waals surface area contributed by atoms with Crippen LogP contribution >= 0.6 is 0 Å². The molecule has 0 N–H and O–H groups in total. The Morgan fingerprint density at radius 3 is 2.33 bits per heavy atom. The van der Waals surface area contributed by atoms with Crippen LogP contribution in [0.25, 0.3) is 11.1 Å². The van der Waals surface area contributed by atoms with Gasteiger partial charge in [-0.3, -0.25) is 0 Å². The Morgan fingerprint density at radius 1 is 1.20 bits per heavy atom. The van der Waals surface area contributed by atoms with Gasteiger partial charge in [-0.2, -0.15) is 5.26 Å². The lowest BCUT2D eigenvalue weighted by atomic mass is 10.0. The van der Waals surface area contributed by atoms with Crippen molar-refractivity contribution >= 4 is 0 Å². The van der Waals surface area contributed by atoms with Gasteiger partial charge in [-0.25, -0.2) is 0 Å². The van der Waals surface area contributed by atoms with E-state index in [0.29, 0.717) is 5.56 Å². The highest BCUT2D eigenvalue weighted by Crippen LogP contribution is 2.26. The predicted molar refractivity (Wildman–Crippen MR) is 56.1 cm³/mol. The van der Waals surface area contributed by atoms with Gasteiger partial charge >= 0.3 is 0 Å². The van der Waals surface area contributed by atoms with Crippen molar-refractivity contribution in [3.8, 4) is 17.2 Å². The number of hydrogen-bond acceptors (Lipinski definition) is 3. The molecule has 0 aliphatic heterocycles. The van der Waals surface area contributed by atoms with Gasteiger partial charge < -0.3 is 4.52 Å². The summed E-state index contributed by atoms with van der Waals surface area (Å²) >= 11 is 0. The van der Waals surface area contributed by atoms with E-state index < -0.39 is 0 Å². The fraction of sp³-hybridized carbons (Fsp3) is 0.167. The molecule has 1 aromatic heterocycles. The molecule has 0 aliphatic rings. The summed E-state index contributed by atoms with van der Waals surface area (Å²) in [6.45, 7) is 3.79. The minimum atomic E-state index is 0.658. The molecule has 74 valence electrons. The first-order chi connectivity index (χ1) is 7.22. The number of nitriles is 1. The summed E-state index contributed by atoms with van der Waals surface area (Å²) in [6, 6.07) is 9.49. The molecule has 0 fully saturated rings. The lowest BCUT2D eigenvalue weighted by Gasteiger charge is -1.99. The van der Waals surface area contributed by atoms with Gasteiger partial charge in [-0.15, -0.1) is 0 Å². The maximum atomic E-state index is 8.69. The van der Waals surface area contributed by atoms with E-state index in [0.717, 1.165) is 22.6 Å². The minimum absolute atomic E-state index is 0.658. The number of nitrogens with zero attached hydrogens (tertiary/aromatic N) is 2. The van der Waals surface area contributed by atoms with Crippen LogP contribution in [0, 0.1) is 25.2 Å². The van der Waals surface area contributed by atoms with Crippen molar-refractivity contribution in [1.29, 1.82) is 5.26 Å². The van der Waals surface area contributed by atoms with Crippen LogP contribution < -0.4 is 0 Å². The molecule has 1 heterocycles. The SMILES string of the molecule is Cc1noc(C)c1-c1ccc(C#N)cc1. The van der Waals surface area contributed by atoms with Crippen molar-refractivity contribution in [1.82, 2.24) is 5.16 Å². The second-order valence-corrected chi connectivity index (χ2v) is 3.39. The zero-order valence-corrected chi connectivity index (χ0v) is 8.61. The van der Waals surface area contributed by atoms with Crippen LogP contribution in [0.2, 0.25) is 0 Å². The molecule has 2 aromatic rings. The van der Waals surface area contributed by atoms with Crippen LogP contribution in [-0.4, -0.2) is 5.16 Å². The molecular weight excluding hydrogens is 188 g/mol. The molecule has 2 rings (SSSR count). The van der Waals surface area contributed by atoms with E-state index in [1.807, 2.05) is 26.0 Å². The van der Waals surface area contributed by atoms with Crippen LogP contribution in [0.4, 0.5) is 0 Å². The summed E-state index contributed by atoms with van der Waals surface area (Å²) in [7, 11) is 0. The van der Waals surface area contributed by atoms with Gasteiger partial charge in [0.25, 0.3) is 0 Å². The van der Waals surface area contributed by atoms with Gasteiger partial charge in [-0.05, 0) is 31.5 Å². The van der Waals surface area contributed by atoms with Crippen LogP contribution in [0.15, 0.2) is 28.8 Å². The Morgan fingerprint density at radius 2 is 1.87 bits per heavy atom. The van der Waals surface area contributed by atoms with Gasteiger partial charge in [0.1, 0.15) is 5.76 Å². The molecule has 0 unspecified atom stereocenters. The van der Waals surface area contributed by atoms with Crippen LogP contribution in [-0.2, 0) is 0 Å². The largest absolute Gasteiger partial charge is 0.361 e. The van der Waals surface area contributed by atoms with E-state index in [-0.39, 0.29) is 0 Å². The summed E-state index contributed by atoms with van der Waals surface area (Å²) < 4.78 is 5.09. The van der Waals surface area contributed by atoms with Crippen molar-refractivity contribution < 1.29 is 4.52 Å². The van der Waals surface area contributed by atoms with E-state index in [9.17, 15) is 0 Å². The molecule has 0 amide bonds. The first-order valence-electron chi connectivity index (χ1n) is 4.66. The lowest BCUT2D eigenvalue weighted by Crippen LogP contribution is -1.82. The Hall–Kier alpha value is -2.08. The maximum Gasteiger partial charge on any atom is 0.141 e. The second kappa shape index (κ2) is 3.58.